The van der Waals surface area contributed by atoms with E-state index in [4.69, 9.17) is 9.47 Å². The van der Waals surface area contributed by atoms with Crippen molar-refractivity contribution in [3.8, 4) is 11.5 Å². The Hall–Kier alpha value is -1.59. The highest BCUT2D eigenvalue weighted by atomic mass is 16.6. The number of nitrogens with zero attached hydrogens (tertiary/aromatic N) is 1. The largest absolute Gasteiger partial charge is 0.486 e. The summed E-state index contributed by atoms with van der Waals surface area (Å²) in [6.07, 6.45) is 22.4. The number of aliphatic hydroxyl groups excluding tert-OH is 1. The highest BCUT2D eigenvalue weighted by Crippen LogP contribution is 2.36. The number of Topliss-reactive ketones (excluding diaryl/α,β-unsaturated/α-hetero) is 1. The minimum Gasteiger partial charge on any atom is -0.486 e. The predicted molar refractivity (Wildman–Crippen MR) is 163 cm³/mol. The van der Waals surface area contributed by atoms with Gasteiger partial charge in [0.1, 0.15) is 19.0 Å². The van der Waals surface area contributed by atoms with E-state index < -0.39 is 6.10 Å². The first kappa shape index (κ1) is 31.9. The summed E-state index contributed by atoms with van der Waals surface area (Å²) < 4.78 is 11.4. The zero-order valence-electron chi connectivity index (χ0n) is 25.1. The van der Waals surface area contributed by atoms with Gasteiger partial charge in [0, 0.05) is 32.8 Å². The van der Waals surface area contributed by atoms with Crippen molar-refractivity contribution in [1.82, 2.24) is 4.90 Å². The molecule has 0 amide bonds. The third kappa shape index (κ3) is 11.8. The average Bonchev–Trinajstić information content (AvgIpc) is 3.50. The van der Waals surface area contributed by atoms with Crippen LogP contribution < -0.4 is 9.47 Å². The van der Waals surface area contributed by atoms with Crippen molar-refractivity contribution in [2.45, 2.75) is 141 Å². The van der Waals surface area contributed by atoms with E-state index in [9.17, 15) is 9.90 Å². The number of ether oxygens (including phenoxy) is 2. The lowest BCUT2D eigenvalue weighted by Gasteiger charge is -2.31. The van der Waals surface area contributed by atoms with Gasteiger partial charge in [-0.25, -0.2) is 0 Å². The van der Waals surface area contributed by atoms with Crippen LogP contribution in [0.4, 0.5) is 0 Å². The topological polar surface area (TPSA) is 59.0 Å². The van der Waals surface area contributed by atoms with Crippen LogP contribution in [0.1, 0.15) is 142 Å². The Morgan fingerprint density at radius 1 is 0.897 bits per heavy atom. The van der Waals surface area contributed by atoms with Crippen LogP contribution in [0.2, 0.25) is 0 Å². The number of carbonyl (C=O) groups is 1. The second kappa shape index (κ2) is 18.7. The summed E-state index contributed by atoms with van der Waals surface area (Å²) in [7, 11) is 2.16. The molecule has 39 heavy (non-hydrogen) atoms. The Kier molecular flexibility index (Phi) is 15.3. The van der Waals surface area contributed by atoms with Crippen molar-refractivity contribution in [3.63, 3.8) is 0 Å². The van der Waals surface area contributed by atoms with Gasteiger partial charge < -0.3 is 19.5 Å². The fourth-order valence-electron chi connectivity index (χ4n) is 6.39. The van der Waals surface area contributed by atoms with Crippen molar-refractivity contribution in [2.24, 2.45) is 5.92 Å². The molecule has 0 unspecified atom stereocenters. The SMILES string of the molecule is CCCCCCCCCCCCCCCC(=O)C[C@H](CN(C)C1CCCC1)[C@@H](O)c1ccc2c(c1)OCCO2.[HH]. The van der Waals surface area contributed by atoms with E-state index in [0.29, 0.717) is 43.6 Å². The summed E-state index contributed by atoms with van der Waals surface area (Å²) in [5.74, 6) is 1.60. The Morgan fingerprint density at radius 3 is 2.08 bits per heavy atom. The third-order valence-electron chi connectivity index (χ3n) is 8.87. The molecule has 1 N–H and O–H groups in total. The van der Waals surface area contributed by atoms with Gasteiger partial charge in [-0.05, 0) is 44.0 Å². The lowest BCUT2D eigenvalue weighted by molar-refractivity contribution is -0.121. The van der Waals surface area contributed by atoms with Crippen molar-refractivity contribution in [1.29, 1.82) is 0 Å². The Bertz CT molecular complexity index is 813. The Morgan fingerprint density at radius 2 is 1.46 bits per heavy atom. The molecule has 1 fully saturated rings. The van der Waals surface area contributed by atoms with Crippen molar-refractivity contribution < 1.29 is 20.8 Å². The van der Waals surface area contributed by atoms with Crippen LogP contribution in [0.5, 0.6) is 11.5 Å². The highest BCUT2D eigenvalue weighted by molar-refractivity contribution is 5.78. The number of aliphatic hydroxyl groups is 1. The van der Waals surface area contributed by atoms with E-state index in [1.54, 1.807) is 0 Å². The number of ketones is 1. The summed E-state index contributed by atoms with van der Waals surface area (Å²) in [4.78, 5) is 15.4. The average molecular weight is 546 g/mol. The minimum absolute atomic E-state index is 0. The van der Waals surface area contributed by atoms with Gasteiger partial charge in [0.2, 0.25) is 0 Å². The zero-order chi connectivity index (χ0) is 27.7. The molecule has 2 atom stereocenters. The lowest BCUT2D eigenvalue weighted by Crippen LogP contribution is -2.36. The van der Waals surface area contributed by atoms with Gasteiger partial charge >= 0.3 is 0 Å². The molecular weight excluding hydrogens is 486 g/mol. The molecule has 2 aliphatic rings. The van der Waals surface area contributed by atoms with Crippen LogP contribution in [-0.2, 0) is 4.79 Å². The highest BCUT2D eigenvalue weighted by Gasteiger charge is 2.29. The van der Waals surface area contributed by atoms with Crippen molar-refractivity contribution in [2.75, 3.05) is 26.8 Å². The second-order valence-corrected chi connectivity index (χ2v) is 12.2. The third-order valence-corrected chi connectivity index (χ3v) is 8.87. The first-order valence-corrected chi connectivity index (χ1v) is 16.4. The number of unbranched alkanes of at least 4 members (excludes halogenated alkanes) is 12. The summed E-state index contributed by atoms with van der Waals surface area (Å²) >= 11 is 0. The van der Waals surface area contributed by atoms with Crippen LogP contribution in [0.25, 0.3) is 0 Å². The smallest absolute Gasteiger partial charge is 0.161 e. The molecule has 1 aromatic rings. The normalized spacial score (nSPS) is 17.0. The van der Waals surface area contributed by atoms with Gasteiger partial charge in [0.15, 0.2) is 11.5 Å². The maximum absolute atomic E-state index is 13.1. The van der Waals surface area contributed by atoms with Gasteiger partial charge in [0.05, 0.1) is 6.10 Å². The van der Waals surface area contributed by atoms with Crippen LogP contribution in [-0.4, -0.2) is 48.6 Å². The van der Waals surface area contributed by atoms with E-state index >= 15 is 0 Å². The molecule has 0 saturated heterocycles. The van der Waals surface area contributed by atoms with E-state index in [1.807, 2.05) is 18.2 Å². The van der Waals surface area contributed by atoms with Gasteiger partial charge in [-0.1, -0.05) is 103 Å². The van der Waals surface area contributed by atoms with Crippen LogP contribution >= 0.6 is 0 Å². The fourth-order valence-corrected chi connectivity index (χ4v) is 6.39. The molecule has 1 saturated carbocycles. The molecule has 1 aliphatic carbocycles. The molecule has 5 nitrogen and oxygen atoms in total. The quantitative estimate of drug-likeness (QED) is 0.157. The number of rotatable bonds is 21. The monoisotopic (exact) mass is 545 g/mol. The summed E-state index contributed by atoms with van der Waals surface area (Å²) in [5, 5.41) is 11.4. The summed E-state index contributed by atoms with van der Waals surface area (Å²) in [6, 6.07) is 6.28. The van der Waals surface area contributed by atoms with Gasteiger partial charge in [-0.15, -0.1) is 0 Å². The Balaban J connectivity index is 0.00000560. The van der Waals surface area contributed by atoms with Crippen LogP contribution in [0.3, 0.4) is 0 Å². The minimum atomic E-state index is -0.694. The molecule has 1 aromatic carbocycles. The lowest BCUT2D eigenvalue weighted by atomic mass is 9.89. The molecule has 0 bridgehead atoms. The summed E-state index contributed by atoms with van der Waals surface area (Å²) in [6.45, 7) is 4.09. The second-order valence-electron chi connectivity index (χ2n) is 12.2. The van der Waals surface area contributed by atoms with Crippen LogP contribution in [0.15, 0.2) is 18.2 Å². The first-order valence-electron chi connectivity index (χ1n) is 16.4. The fraction of sp³-hybridized carbons (Fsp3) is 0.794. The maximum Gasteiger partial charge on any atom is 0.161 e. The molecule has 0 spiro atoms. The first-order chi connectivity index (χ1) is 19.1. The molecule has 3 rings (SSSR count). The molecule has 1 heterocycles. The van der Waals surface area contributed by atoms with E-state index in [2.05, 4.69) is 18.9 Å². The van der Waals surface area contributed by atoms with Gasteiger partial charge in [-0.2, -0.15) is 0 Å². The van der Waals surface area contributed by atoms with E-state index in [0.717, 1.165) is 30.7 Å². The Labute approximate surface area is 240 Å². The zero-order valence-corrected chi connectivity index (χ0v) is 25.1. The number of carbonyl (C=O) groups excluding carboxylic acids is 1. The molecular formula is C34H59NO4. The summed E-state index contributed by atoms with van der Waals surface area (Å²) in [5.41, 5.74) is 0.817. The number of hydrogen-bond acceptors (Lipinski definition) is 5. The van der Waals surface area contributed by atoms with Crippen LogP contribution in [0, 0.1) is 5.92 Å². The maximum atomic E-state index is 13.1. The van der Waals surface area contributed by atoms with Crippen molar-refractivity contribution in [3.05, 3.63) is 23.8 Å². The molecule has 0 aromatic heterocycles. The van der Waals surface area contributed by atoms with Gasteiger partial charge in [-0.3, -0.25) is 4.79 Å². The number of benzene rings is 1. The number of fused-ring (bicyclic) bond motifs is 1. The molecule has 1 aliphatic heterocycles. The molecule has 224 valence electrons. The predicted octanol–water partition coefficient (Wildman–Crippen LogP) is 8.67. The molecule has 0 radical (unpaired) electrons. The number of hydrogen-bond donors (Lipinski definition) is 1. The standard InChI is InChI=1S/C34H57NO4.H2/c1-3-4-5-6-7-8-9-10-11-12-13-14-15-20-31(36)25-29(27-35(2)30-18-16-17-19-30)34(37)28-21-22-32-33(26-28)39-24-23-38-32;/h21-22,26,29-30,34,37H,3-20,23-25,27H2,1-2H3;1H/t29-,34+;/m1./s1. The molecule has 5 heteroatoms. The van der Waals surface area contributed by atoms with Crippen molar-refractivity contribution >= 4 is 5.78 Å². The van der Waals surface area contributed by atoms with E-state index in [-0.39, 0.29) is 7.34 Å². The van der Waals surface area contributed by atoms with E-state index in [1.165, 1.54) is 96.3 Å². The van der Waals surface area contributed by atoms with Gasteiger partial charge in [0.25, 0.3) is 0 Å².